The highest BCUT2D eigenvalue weighted by molar-refractivity contribution is 7.18. The van der Waals surface area contributed by atoms with Gasteiger partial charge in [0.15, 0.2) is 5.76 Å². The molecule has 4 rings (SSSR count). The predicted molar refractivity (Wildman–Crippen MR) is 128 cm³/mol. The van der Waals surface area contributed by atoms with Gasteiger partial charge in [-0.15, -0.1) is 11.3 Å². The third-order valence-corrected chi connectivity index (χ3v) is 6.80. The summed E-state index contributed by atoms with van der Waals surface area (Å²) < 4.78 is 16.7. The quantitative estimate of drug-likeness (QED) is 0.429. The Morgan fingerprint density at radius 1 is 1.15 bits per heavy atom. The maximum Gasteiger partial charge on any atom is 0.341 e. The molecule has 1 aliphatic carbocycles. The molecule has 9 heteroatoms. The topological polar surface area (TPSA) is 121 Å². The number of nitrogens with two attached hydrogens (primary N) is 1. The molecule has 2 aromatic heterocycles. The van der Waals surface area contributed by atoms with Gasteiger partial charge in [-0.2, -0.15) is 0 Å². The Morgan fingerprint density at radius 3 is 2.71 bits per heavy atom. The van der Waals surface area contributed by atoms with E-state index in [4.69, 9.17) is 19.6 Å². The van der Waals surface area contributed by atoms with Crippen LogP contribution in [0.4, 0.5) is 5.00 Å². The molecule has 34 heavy (non-hydrogen) atoms. The number of carbonyl (C=O) groups excluding carboxylic acids is 3. The molecule has 1 aromatic carbocycles. The van der Waals surface area contributed by atoms with Crippen molar-refractivity contribution in [2.75, 3.05) is 11.9 Å². The number of hydrogen-bond donors (Lipinski definition) is 2. The second-order valence-corrected chi connectivity index (χ2v) is 9.07. The van der Waals surface area contributed by atoms with E-state index in [0.717, 1.165) is 36.3 Å². The summed E-state index contributed by atoms with van der Waals surface area (Å²) in [6.07, 6.45) is 3.97. The fraction of sp³-hybridized carbons (Fsp3) is 0.320. The summed E-state index contributed by atoms with van der Waals surface area (Å²) in [5, 5.41) is 2.84. The summed E-state index contributed by atoms with van der Waals surface area (Å²) in [5.41, 5.74) is 8.60. The molecular formula is C25H26N2O6S. The molecule has 0 aliphatic heterocycles. The number of aryl methyl sites for hydroxylation is 2. The largest absolute Gasteiger partial charge is 0.486 e. The van der Waals surface area contributed by atoms with Gasteiger partial charge < -0.3 is 24.9 Å². The number of esters is 1. The second kappa shape index (κ2) is 10.1. The van der Waals surface area contributed by atoms with E-state index in [1.54, 1.807) is 13.0 Å². The van der Waals surface area contributed by atoms with E-state index in [1.165, 1.54) is 17.2 Å². The molecule has 3 N–H and O–H groups in total. The average Bonchev–Trinajstić information content (AvgIpc) is 3.54. The number of thiophene rings is 1. The summed E-state index contributed by atoms with van der Waals surface area (Å²) in [7, 11) is 0. The third-order valence-electron chi connectivity index (χ3n) is 5.58. The number of benzene rings is 1. The second-order valence-electron chi connectivity index (χ2n) is 8.05. The molecule has 0 unspecified atom stereocenters. The summed E-state index contributed by atoms with van der Waals surface area (Å²) in [6, 6.07) is 9.27. The van der Waals surface area contributed by atoms with Crippen LogP contribution in [0.5, 0.6) is 5.75 Å². The third kappa shape index (κ3) is 4.99. The highest BCUT2D eigenvalue weighted by Crippen LogP contribution is 2.34. The van der Waals surface area contributed by atoms with Crippen molar-refractivity contribution in [1.29, 1.82) is 0 Å². The van der Waals surface area contributed by atoms with Gasteiger partial charge in [-0.25, -0.2) is 4.79 Å². The molecule has 0 spiro atoms. The number of amides is 2. The van der Waals surface area contributed by atoms with Crippen LogP contribution in [0.2, 0.25) is 0 Å². The van der Waals surface area contributed by atoms with Crippen LogP contribution in [0.1, 0.15) is 72.8 Å². The molecule has 8 nitrogen and oxygen atoms in total. The zero-order valence-electron chi connectivity index (χ0n) is 19.1. The highest BCUT2D eigenvalue weighted by atomic mass is 32.1. The molecule has 0 bridgehead atoms. The lowest BCUT2D eigenvalue weighted by atomic mass is 10.1. The van der Waals surface area contributed by atoms with E-state index >= 15 is 0 Å². The van der Waals surface area contributed by atoms with E-state index in [-0.39, 0.29) is 34.4 Å². The van der Waals surface area contributed by atoms with Crippen molar-refractivity contribution in [3.05, 3.63) is 69.0 Å². The molecule has 0 saturated heterocycles. The average molecular weight is 483 g/mol. The first-order chi connectivity index (χ1) is 16.4. The van der Waals surface area contributed by atoms with Crippen LogP contribution in [-0.4, -0.2) is 24.4 Å². The Hall–Kier alpha value is -3.59. The predicted octanol–water partition coefficient (Wildman–Crippen LogP) is 4.64. The minimum Gasteiger partial charge on any atom is -0.486 e. The monoisotopic (exact) mass is 482 g/mol. The van der Waals surface area contributed by atoms with Crippen molar-refractivity contribution >= 4 is 34.1 Å². The Morgan fingerprint density at radius 2 is 1.94 bits per heavy atom. The number of hydrogen-bond acceptors (Lipinski definition) is 7. The van der Waals surface area contributed by atoms with Gasteiger partial charge in [0.25, 0.3) is 11.8 Å². The fourth-order valence-electron chi connectivity index (χ4n) is 3.88. The van der Waals surface area contributed by atoms with Crippen molar-refractivity contribution in [2.45, 2.75) is 46.1 Å². The Kier molecular flexibility index (Phi) is 7.02. The lowest BCUT2D eigenvalue weighted by Crippen LogP contribution is -2.15. The van der Waals surface area contributed by atoms with Crippen molar-refractivity contribution in [2.24, 2.45) is 5.73 Å². The number of furan rings is 1. The number of fused-ring (bicyclic) bond motifs is 1. The molecular weight excluding hydrogens is 456 g/mol. The Labute approximate surface area is 201 Å². The number of nitrogens with one attached hydrogen (secondary N) is 1. The normalized spacial score (nSPS) is 12.3. The van der Waals surface area contributed by atoms with Crippen molar-refractivity contribution < 1.29 is 28.3 Å². The van der Waals surface area contributed by atoms with Crippen molar-refractivity contribution in [3.8, 4) is 5.75 Å². The van der Waals surface area contributed by atoms with Gasteiger partial charge in [0.1, 0.15) is 23.1 Å². The maximum absolute atomic E-state index is 12.8. The molecule has 0 saturated carbocycles. The van der Waals surface area contributed by atoms with Crippen LogP contribution in [0.15, 0.2) is 34.7 Å². The van der Waals surface area contributed by atoms with Gasteiger partial charge in [-0.05, 0) is 73.6 Å². The number of primary amides is 1. The van der Waals surface area contributed by atoms with Crippen molar-refractivity contribution in [1.82, 2.24) is 0 Å². The molecule has 0 atom stereocenters. The number of anilines is 1. The Balaban J connectivity index is 1.45. The zero-order valence-corrected chi connectivity index (χ0v) is 19.9. The lowest BCUT2D eigenvalue weighted by Gasteiger charge is -2.07. The van der Waals surface area contributed by atoms with Gasteiger partial charge in [0.05, 0.1) is 17.0 Å². The molecule has 2 amide bonds. The first-order valence-corrected chi connectivity index (χ1v) is 11.9. The van der Waals surface area contributed by atoms with Crippen LogP contribution in [-0.2, 0) is 24.2 Å². The number of rotatable bonds is 9. The van der Waals surface area contributed by atoms with E-state index in [9.17, 15) is 14.4 Å². The molecule has 2 heterocycles. The minimum atomic E-state index is -0.684. The molecule has 0 fully saturated rings. The van der Waals surface area contributed by atoms with Crippen LogP contribution < -0.4 is 15.8 Å². The smallest absolute Gasteiger partial charge is 0.341 e. The fourth-order valence-corrected chi connectivity index (χ4v) is 4.93. The van der Waals surface area contributed by atoms with E-state index in [1.807, 2.05) is 19.1 Å². The lowest BCUT2D eigenvalue weighted by molar-refractivity contribution is 0.0506. The van der Waals surface area contributed by atoms with Gasteiger partial charge in [-0.1, -0.05) is 13.0 Å². The van der Waals surface area contributed by atoms with E-state index in [2.05, 4.69) is 11.4 Å². The highest BCUT2D eigenvalue weighted by Gasteiger charge is 2.26. The molecule has 178 valence electrons. The zero-order chi connectivity index (χ0) is 24.2. The SMILES string of the molecule is CCCOC(=O)c1c(NC(=O)c2ccc(COc3ccc4c(c3)CCC4)o2)sc(C(N)=O)c1C. The van der Waals surface area contributed by atoms with Gasteiger partial charge in [0.2, 0.25) is 0 Å². The van der Waals surface area contributed by atoms with Crippen LogP contribution in [0.3, 0.4) is 0 Å². The first kappa shape index (κ1) is 23.6. The minimum absolute atomic E-state index is 0.0482. The Bertz CT molecular complexity index is 1240. The summed E-state index contributed by atoms with van der Waals surface area (Å²) in [6.45, 7) is 3.85. The van der Waals surface area contributed by atoms with Crippen LogP contribution in [0, 0.1) is 6.92 Å². The molecule has 1 aliphatic rings. The van der Waals surface area contributed by atoms with Gasteiger partial charge in [-0.3, -0.25) is 9.59 Å². The molecule has 3 aromatic rings. The first-order valence-electron chi connectivity index (χ1n) is 11.1. The standard InChI is InChI=1S/C25H26N2O6S/c1-3-11-31-25(30)20-14(2)21(22(26)28)34-24(20)27-23(29)19-10-9-18(33-19)13-32-17-8-7-15-5-4-6-16(15)12-17/h7-10,12H,3-6,11,13H2,1-2H3,(H2,26,28)(H,27,29). The van der Waals surface area contributed by atoms with Gasteiger partial charge >= 0.3 is 5.97 Å². The maximum atomic E-state index is 12.8. The van der Waals surface area contributed by atoms with E-state index < -0.39 is 17.8 Å². The van der Waals surface area contributed by atoms with Crippen molar-refractivity contribution in [3.63, 3.8) is 0 Å². The summed E-state index contributed by atoms with van der Waals surface area (Å²) in [4.78, 5) is 37.3. The molecule has 0 radical (unpaired) electrons. The van der Waals surface area contributed by atoms with Crippen LogP contribution >= 0.6 is 11.3 Å². The number of ether oxygens (including phenoxy) is 2. The van der Waals surface area contributed by atoms with E-state index in [0.29, 0.717) is 17.7 Å². The summed E-state index contributed by atoms with van der Waals surface area (Å²) in [5.74, 6) is -0.588. The van der Waals surface area contributed by atoms with Gasteiger partial charge in [0, 0.05) is 0 Å². The van der Waals surface area contributed by atoms with Crippen LogP contribution in [0.25, 0.3) is 0 Å². The number of carbonyl (C=O) groups is 3. The summed E-state index contributed by atoms with van der Waals surface area (Å²) >= 11 is 0.929.